The number of hydrogen-bond donors (Lipinski definition) is 3. The minimum absolute atomic E-state index is 0.0301. The van der Waals surface area contributed by atoms with Gasteiger partial charge in [-0.1, -0.05) is 11.2 Å². The van der Waals surface area contributed by atoms with Crippen LogP contribution in [0.15, 0.2) is 23.4 Å². The number of benzene rings is 1. The Balaban J connectivity index is 2.95. The Kier molecular flexibility index (Phi) is 6.11. The fraction of sp³-hybridized carbons (Fsp3) is 0.462. The predicted molar refractivity (Wildman–Crippen MR) is 70.0 cm³/mol. The Morgan fingerprint density at radius 1 is 1.26 bits per heavy atom. The second kappa shape index (κ2) is 7.60. The van der Waals surface area contributed by atoms with Crippen LogP contribution in [-0.2, 0) is 0 Å². The standard InChI is InChI=1S/C13H19NO5/c1-18-11-6-5-9(8-12(11)19-2)13(16)10(14-17)4-3-7-15/h5-6,8,13,15-17H,3-4,7H2,1-2H3. The first-order valence-electron chi connectivity index (χ1n) is 5.89. The molecule has 1 unspecified atom stereocenters. The third kappa shape index (κ3) is 3.84. The largest absolute Gasteiger partial charge is 0.493 e. The topological polar surface area (TPSA) is 91.5 Å². The van der Waals surface area contributed by atoms with E-state index in [1.807, 2.05) is 0 Å². The molecule has 0 aliphatic heterocycles. The van der Waals surface area contributed by atoms with Crippen LogP contribution in [0.5, 0.6) is 11.5 Å². The van der Waals surface area contributed by atoms with Crippen LogP contribution in [0.2, 0.25) is 0 Å². The van der Waals surface area contributed by atoms with Crippen molar-refractivity contribution in [3.63, 3.8) is 0 Å². The molecule has 3 N–H and O–H groups in total. The molecule has 0 bridgehead atoms. The van der Waals surface area contributed by atoms with Gasteiger partial charge in [-0.3, -0.25) is 0 Å². The second-order valence-corrected chi connectivity index (χ2v) is 3.94. The Morgan fingerprint density at radius 2 is 1.95 bits per heavy atom. The average Bonchev–Trinajstić information content (AvgIpc) is 2.46. The van der Waals surface area contributed by atoms with Crippen molar-refractivity contribution in [3.8, 4) is 11.5 Å². The number of hydrogen-bond acceptors (Lipinski definition) is 6. The molecule has 1 aromatic carbocycles. The molecular weight excluding hydrogens is 250 g/mol. The molecule has 0 saturated heterocycles. The van der Waals surface area contributed by atoms with Crippen LogP contribution in [0.1, 0.15) is 24.5 Å². The van der Waals surface area contributed by atoms with Gasteiger partial charge < -0.3 is 24.9 Å². The molecule has 6 nitrogen and oxygen atoms in total. The summed E-state index contributed by atoms with van der Waals surface area (Å²) in [5.74, 6) is 1.04. The summed E-state index contributed by atoms with van der Waals surface area (Å²) in [6.07, 6.45) is -0.317. The van der Waals surface area contributed by atoms with E-state index in [-0.39, 0.29) is 12.3 Å². The van der Waals surface area contributed by atoms with Crippen LogP contribution < -0.4 is 9.47 Å². The quantitative estimate of drug-likeness (QED) is 0.395. The Morgan fingerprint density at radius 3 is 2.47 bits per heavy atom. The summed E-state index contributed by atoms with van der Waals surface area (Å²) in [4.78, 5) is 0. The highest BCUT2D eigenvalue weighted by Crippen LogP contribution is 2.30. The first-order valence-corrected chi connectivity index (χ1v) is 5.89. The molecule has 6 heteroatoms. The molecule has 0 aromatic heterocycles. The number of rotatable bonds is 7. The van der Waals surface area contributed by atoms with E-state index in [1.165, 1.54) is 14.2 Å². The lowest BCUT2D eigenvalue weighted by atomic mass is 10.0. The van der Waals surface area contributed by atoms with E-state index in [2.05, 4.69) is 5.16 Å². The third-order valence-corrected chi connectivity index (χ3v) is 2.76. The molecular formula is C13H19NO5. The summed E-state index contributed by atoms with van der Waals surface area (Å²) in [6, 6.07) is 4.95. The molecule has 0 spiro atoms. The van der Waals surface area contributed by atoms with Gasteiger partial charge in [-0.25, -0.2) is 0 Å². The monoisotopic (exact) mass is 269 g/mol. The first-order chi connectivity index (χ1) is 9.17. The number of ether oxygens (including phenoxy) is 2. The van der Waals surface area contributed by atoms with Crippen molar-refractivity contribution >= 4 is 5.71 Å². The van der Waals surface area contributed by atoms with E-state index in [1.54, 1.807) is 18.2 Å². The zero-order valence-electron chi connectivity index (χ0n) is 11.0. The molecule has 106 valence electrons. The summed E-state index contributed by atoms with van der Waals surface area (Å²) in [7, 11) is 3.02. The van der Waals surface area contributed by atoms with Gasteiger partial charge in [0.05, 0.1) is 19.9 Å². The van der Waals surface area contributed by atoms with Crippen LogP contribution in [0.25, 0.3) is 0 Å². The highest BCUT2D eigenvalue weighted by molar-refractivity contribution is 5.89. The number of aliphatic hydroxyl groups excluding tert-OH is 2. The fourth-order valence-electron chi connectivity index (χ4n) is 1.72. The Hall–Kier alpha value is -1.79. The SMILES string of the molecule is COc1ccc(C(O)C(CCCO)=NO)cc1OC. The van der Waals surface area contributed by atoms with Crippen LogP contribution in [0.4, 0.5) is 0 Å². The van der Waals surface area contributed by atoms with Crippen molar-refractivity contribution in [2.75, 3.05) is 20.8 Å². The number of methoxy groups -OCH3 is 2. The van der Waals surface area contributed by atoms with Gasteiger partial charge in [0.1, 0.15) is 6.10 Å². The lowest BCUT2D eigenvalue weighted by Gasteiger charge is -2.15. The summed E-state index contributed by atoms with van der Waals surface area (Å²) in [5.41, 5.74) is 0.727. The molecule has 0 fully saturated rings. The van der Waals surface area contributed by atoms with E-state index in [0.717, 1.165) is 0 Å². The normalized spacial score (nSPS) is 13.2. The van der Waals surface area contributed by atoms with E-state index in [9.17, 15) is 5.11 Å². The summed E-state index contributed by atoms with van der Waals surface area (Å²) >= 11 is 0. The zero-order valence-corrected chi connectivity index (χ0v) is 11.0. The van der Waals surface area contributed by atoms with Crippen molar-refractivity contribution in [3.05, 3.63) is 23.8 Å². The van der Waals surface area contributed by atoms with Gasteiger partial charge in [-0.05, 0) is 30.5 Å². The molecule has 1 rings (SSSR count). The molecule has 0 aliphatic carbocycles. The van der Waals surface area contributed by atoms with E-state index >= 15 is 0 Å². The second-order valence-electron chi connectivity index (χ2n) is 3.94. The van der Waals surface area contributed by atoms with Gasteiger partial charge >= 0.3 is 0 Å². The van der Waals surface area contributed by atoms with Gasteiger partial charge in [0.25, 0.3) is 0 Å². The van der Waals surface area contributed by atoms with Crippen molar-refractivity contribution in [2.24, 2.45) is 5.16 Å². The third-order valence-electron chi connectivity index (χ3n) is 2.76. The van der Waals surface area contributed by atoms with Crippen molar-refractivity contribution < 1.29 is 24.9 Å². The lowest BCUT2D eigenvalue weighted by molar-refractivity contribution is 0.227. The van der Waals surface area contributed by atoms with Crippen LogP contribution >= 0.6 is 0 Å². The van der Waals surface area contributed by atoms with Crippen LogP contribution in [-0.4, -0.2) is 42.0 Å². The smallest absolute Gasteiger partial charge is 0.161 e. The maximum Gasteiger partial charge on any atom is 0.161 e. The molecule has 1 aromatic rings. The molecule has 0 heterocycles. The molecule has 0 aliphatic rings. The van der Waals surface area contributed by atoms with Gasteiger partial charge in [-0.2, -0.15) is 0 Å². The highest BCUT2D eigenvalue weighted by Gasteiger charge is 2.17. The molecule has 0 amide bonds. The summed E-state index contributed by atoms with van der Waals surface area (Å²) < 4.78 is 10.2. The van der Waals surface area contributed by atoms with Crippen molar-refractivity contribution in [2.45, 2.75) is 18.9 Å². The van der Waals surface area contributed by atoms with Crippen LogP contribution in [0.3, 0.4) is 0 Å². The molecule has 0 radical (unpaired) electrons. The number of oxime groups is 1. The first kappa shape index (κ1) is 15.3. The minimum atomic E-state index is -1.05. The number of aliphatic hydroxyl groups is 2. The summed E-state index contributed by atoms with van der Waals surface area (Å²) in [5, 5.41) is 30.9. The Labute approximate surface area is 111 Å². The molecule has 19 heavy (non-hydrogen) atoms. The predicted octanol–water partition coefficient (Wildman–Crippen LogP) is 1.34. The van der Waals surface area contributed by atoms with E-state index in [4.69, 9.17) is 19.8 Å². The maximum atomic E-state index is 10.1. The van der Waals surface area contributed by atoms with Crippen molar-refractivity contribution in [1.29, 1.82) is 0 Å². The van der Waals surface area contributed by atoms with Crippen LogP contribution in [0, 0.1) is 0 Å². The summed E-state index contributed by atoms with van der Waals surface area (Å²) in [6.45, 7) is -0.0301. The van der Waals surface area contributed by atoms with E-state index < -0.39 is 6.10 Å². The molecule has 1 atom stereocenters. The highest BCUT2D eigenvalue weighted by atomic mass is 16.5. The number of nitrogens with zero attached hydrogens (tertiary/aromatic N) is 1. The van der Waals surface area contributed by atoms with Gasteiger partial charge in [0, 0.05) is 6.61 Å². The fourth-order valence-corrected chi connectivity index (χ4v) is 1.72. The molecule has 0 saturated carbocycles. The van der Waals surface area contributed by atoms with Crippen molar-refractivity contribution in [1.82, 2.24) is 0 Å². The van der Waals surface area contributed by atoms with Gasteiger partial charge in [-0.15, -0.1) is 0 Å². The Bertz CT molecular complexity index is 433. The lowest BCUT2D eigenvalue weighted by Crippen LogP contribution is -2.13. The zero-order chi connectivity index (χ0) is 14.3. The maximum absolute atomic E-state index is 10.1. The van der Waals surface area contributed by atoms with E-state index in [0.29, 0.717) is 29.9 Å². The van der Waals surface area contributed by atoms with Gasteiger partial charge in [0.2, 0.25) is 0 Å². The van der Waals surface area contributed by atoms with Gasteiger partial charge in [0.15, 0.2) is 11.5 Å². The minimum Gasteiger partial charge on any atom is -0.493 e. The average molecular weight is 269 g/mol.